The number of hydrogen-bond acceptors (Lipinski definition) is 11. The fraction of sp³-hybridized carbons (Fsp3) is 0.436. The number of aliphatic carboxylic acids is 1. The molecule has 16 nitrogen and oxygen atoms in total. The molecule has 0 spiro atoms. The Kier molecular flexibility index (Phi) is 12.9. The van der Waals surface area contributed by atoms with Gasteiger partial charge < -0.3 is 44.4 Å². The zero-order chi connectivity index (χ0) is 42.8. The molecule has 308 valence electrons. The number of nitro groups is 1. The number of amides is 3. The number of nitro benzene ring substituents is 1. The molecule has 0 aliphatic carbocycles. The number of benzene rings is 3. The predicted molar refractivity (Wildman–Crippen MR) is 207 cm³/mol. The van der Waals surface area contributed by atoms with E-state index in [4.69, 9.17) is 23.4 Å². The number of carboxylic acid groups (broad SMARTS) is 1. The van der Waals surface area contributed by atoms with Crippen molar-refractivity contribution < 1.29 is 57.0 Å². The number of carbonyl (C=O) groups is 4. The lowest BCUT2D eigenvalue weighted by molar-refractivity contribution is -0.387. The summed E-state index contributed by atoms with van der Waals surface area (Å²) in [7, 11) is -0.263. The Morgan fingerprint density at radius 2 is 1.56 bits per heavy atom. The maximum absolute atomic E-state index is 14.8. The molecule has 1 aliphatic rings. The lowest BCUT2D eigenvalue weighted by Gasteiger charge is -2.41. The molecular formula is C39H49FN4O12Si. The lowest BCUT2D eigenvalue weighted by atomic mass is 9.97. The van der Waals surface area contributed by atoms with E-state index < -0.39 is 83.5 Å². The van der Waals surface area contributed by atoms with Crippen molar-refractivity contribution in [2.45, 2.75) is 96.4 Å². The van der Waals surface area contributed by atoms with Gasteiger partial charge in [-0.2, -0.15) is 4.39 Å². The van der Waals surface area contributed by atoms with Crippen LogP contribution in [0.2, 0.25) is 18.1 Å². The molecule has 3 aromatic carbocycles. The number of methoxy groups -OCH3 is 2. The highest BCUT2D eigenvalue weighted by Crippen LogP contribution is 2.43. The zero-order valence-corrected chi connectivity index (χ0v) is 34.7. The van der Waals surface area contributed by atoms with Crippen molar-refractivity contribution in [1.29, 1.82) is 0 Å². The van der Waals surface area contributed by atoms with Gasteiger partial charge in [0.1, 0.15) is 35.3 Å². The first-order chi connectivity index (χ1) is 26.4. The van der Waals surface area contributed by atoms with Crippen LogP contribution in [0.5, 0.6) is 23.0 Å². The summed E-state index contributed by atoms with van der Waals surface area (Å²) >= 11 is 0. The minimum absolute atomic E-state index is 0.00862. The van der Waals surface area contributed by atoms with E-state index in [9.17, 15) is 38.8 Å². The van der Waals surface area contributed by atoms with E-state index in [0.717, 1.165) is 12.1 Å². The van der Waals surface area contributed by atoms with Crippen LogP contribution in [0.1, 0.15) is 82.0 Å². The SMILES string of the molecule is COc1ccc2cc1Oc1cc(cc(OC)c1C)[C@@H](C(=O)O)NC(=O)[C@@H]([C@H](O[Si](C)(C)C(C)(C)C)c1ccc(F)c([N+](=O)[O-])c1)NC(=O)[C@@H]2NC(=O)OC(C)(C)C. The summed E-state index contributed by atoms with van der Waals surface area (Å²) in [6, 6.07) is 4.83. The number of alkyl carbamates (subject to hydrolysis) is 1. The van der Waals surface area contributed by atoms with Crippen molar-refractivity contribution in [3.05, 3.63) is 86.7 Å². The molecular weight excluding hydrogens is 764 g/mol. The second kappa shape index (κ2) is 16.8. The molecule has 3 aromatic rings. The Morgan fingerprint density at radius 1 is 0.930 bits per heavy atom. The van der Waals surface area contributed by atoms with E-state index in [1.807, 2.05) is 33.9 Å². The molecule has 1 aliphatic heterocycles. The molecule has 18 heteroatoms. The summed E-state index contributed by atoms with van der Waals surface area (Å²) in [5.74, 6) is -4.21. The van der Waals surface area contributed by atoms with Gasteiger partial charge >= 0.3 is 17.7 Å². The van der Waals surface area contributed by atoms with Gasteiger partial charge in [-0.05, 0) is 92.8 Å². The molecule has 0 saturated heterocycles. The van der Waals surface area contributed by atoms with Crippen LogP contribution >= 0.6 is 0 Å². The molecule has 0 fully saturated rings. The number of nitrogens with zero attached hydrogens (tertiary/aromatic N) is 1. The van der Waals surface area contributed by atoms with Crippen LogP contribution in [0.15, 0.2) is 48.5 Å². The third kappa shape index (κ3) is 10.2. The van der Waals surface area contributed by atoms with Gasteiger partial charge in [-0.15, -0.1) is 0 Å². The van der Waals surface area contributed by atoms with Crippen molar-refractivity contribution in [2.75, 3.05) is 14.2 Å². The first kappa shape index (κ1) is 44.0. The second-order valence-electron chi connectivity index (χ2n) is 16.0. The number of carbonyl (C=O) groups excluding carboxylic acids is 3. The fourth-order valence-electron chi connectivity index (χ4n) is 5.67. The Labute approximate surface area is 330 Å². The average molecular weight is 813 g/mol. The van der Waals surface area contributed by atoms with Crippen LogP contribution in [0.25, 0.3) is 0 Å². The number of rotatable bonds is 9. The molecule has 0 radical (unpaired) electrons. The molecule has 4 rings (SSSR count). The van der Waals surface area contributed by atoms with Crippen LogP contribution in [-0.2, 0) is 23.5 Å². The number of halogens is 1. The Hall–Kier alpha value is -5.75. The van der Waals surface area contributed by atoms with E-state index in [1.54, 1.807) is 27.7 Å². The maximum Gasteiger partial charge on any atom is 0.408 e. The Bertz CT molecular complexity index is 2060. The van der Waals surface area contributed by atoms with Gasteiger partial charge in [-0.1, -0.05) is 32.9 Å². The van der Waals surface area contributed by atoms with Gasteiger partial charge in [-0.25, -0.2) is 9.59 Å². The summed E-state index contributed by atoms with van der Waals surface area (Å²) in [5.41, 5.74) is -1.41. The smallest absolute Gasteiger partial charge is 0.408 e. The van der Waals surface area contributed by atoms with E-state index in [2.05, 4.69) is 16.0 Å². The minimum atomic E-state index is -3.02. The zero-order valence-electron chi connectivity index (χ0n) is 33.7. The first-order valence-corrected chi connectivity index (χ1v) is 20.8. The quantitative estimate of drug-likeness (QED) is 0.0985. The normalized spacial score (nSPS) is 18.1. The second-order valence-corrected chi connectivity index (χ2v) is 20.7. The van der Waals surface area contributed by atoms with Crippen LogP contribution < -0.4 is 30.2 Å². The van der Waals surface area contributed by atoms with Gasteiger partial charge in [0, 0.05) is 11.6 Å². The highest BCUT2D eigenvalue weighted by atomic mass is 28.4. The molecule has 4 atom stereocenters. The Balaban J connectivity index is 2.08. The molecule has 4 N–H and O–H groups in total. The van der Waals surface area contributed by atoms with Crippen molar-refractivity contribution in [2.24, 2.45) is 0 Å². The van der Waals surface area contributed by atoms with Gasteiger partial charge in [0.15, 0.2) is 25.9 Å². The molecule has 0 unspecified atom stereocenters. The minimum Gasteiger partial charge on any atom is -0.496 e. The standard InChI is InChI=1S/C39H49FN4O12Si/c1-20-27(53-9)18-23-19-28(20)54-29-17-21(13-15-26(29)52-8)30(43-37(49)55-38(2,3)4)34(45)42-32(35(46)41-31(23)36(47)48)33(56-57(10,11)39(5,6)7)22-12-14-24(40)25(16-22)44(50)51/h12-19,30-33H,1-11H3,(H,41,46)(H,42,45)(H,43,49)(H,47,48)/t30-,31+,32-,33-/m1/s1. The largest absolute Gasteiger partial charge is 0.496 e. The molecule has 0 saturated carbocycles. The summed E-state index contributed by atoms with van der Waals surface area (Å²) in [6.45, 7) is 15.8. The van der Waals surface area contributed by atoms with Gasteiger partial charge in [0.2, 0.25) is 17.6 Å². The fourth-order valence-corrected chi connectivity index (χ4v) is 6.93. The number of ether oxygens (including phenoxy) is 4. The predicted octanol–water partition coefficient (Wildman–Crippen LogP) is 6.92. The summed E-state index contributed by atoms with van der Waals surface area (Å²) in [4.78, 5) is 66.7. The van der Waals surface area contributed by atoms with Crippen LogP contribution in [0.4, 0.5) is 14.9 Å². The average Bonchev–Trinajstić information content (AvgIpc) is 3.10. The van der Waals surface area contributed by atoms with Crippen molar-refractivity contribution in [3.8, 4) is 23.0 Å². The maximum atomic E-state index is 14.8. The van der Waals surface area contributed by atoms with Crippen LogP contribution in [-0.4, -0.2) is 68.1 Å². The molecule has 4 bridgehead atoms. The summed E-state index contributed by atoms with van der Waals surface area (Å²) in [6.07, 6.45) is -2.58. The molecule has 3 amide bonds. The highest BCUT2D eigenvalue weighted by molar-refractivity contribution is 6.74. The topological polar surface area (TPSA) is 214 Å². The van der Waals surface area contributed by atoms with Crippen molar-refractivity contribution in [3.63, 3.8) is 0 Å². The summed E-state index contributed by atoms with van der Waals surface area (Å²) in [5, 5.41) is 29.6. The van der Waals surface area contributed by atoms with E-state index in [0.29, 0.717) is 5.56 Å². The Morgan fingerprint density at radius 3 is 2.12 bits per heavy atom. The summed E-state index contributed by atoms with van der Waals surface area (Å²) < 4.78 is 44.4. The van der Waals surface area contributed by atoms with Crippen LogP contribution in [0.3, 0.4) is 0 Å². The molecule has 1 heterocycles. The van der Waals surface area contributed by atoms with Crippen molar-refractivity contribution in [1.82, 2.24) is 16.0 Å². The van der Waals surface area contributed by atoms with Gasteiger partial charge in [0.25, 0.3) is 0 Å². The number of nitrogens with one attached hydrogen (secondary N) is 3. The van der Waals surface area contributed by atoms with Crippen LogP contribution in [0, 0.1) is 22.9 Å². The third-order valence-electron chi connectivity index (χ3n) is 9.69. The molecule has 0 aromatic heterocycles. The monoisotopic (exact) mass is 812 g/mol. The van der Waals surface area contributed by atoms with E-state index >= 15 is 0 Å². The van der Waals surface area contributed by atoms with Crippen molar-refractivity contribution >= 4 is 37.9 Å². The highest BCUT2D eigenvalue weighted by Gasteiger charge is 2.45. The van der Waals surface area contributed by atoms with Gasteiger partial charge in [-0.3, -0.25) is 19.7 Å². The lowest BCUT2D eigenvalue weighted by Crippen LogP contribution is -2.56. The first-order valence-electron chi connectivity index (χ1n) is 17.9. The molecule has 57 heavy (non-hydrogen) atoms. The number of fused-ring (bicyclic) bond motifs is 4. The third-order valence-corrected chi connectivity index (χ3v) is 14.1. The van der Waals surface area contributed by atoms with Gasteiger partial charge in [0.05, 0.1) is 19.1 Å². The van der Waals surface area contributed by atoms with E-state index in [1.165, 1.54) is 50.6 Å². The number of carboxylic acids is 1. The van der Waals surface area contributed by atoms with E-state index in [-0.39, 0.29) is 39.7 Å². The number of hydrogen-bond donors (Lipinski definition) is 4.